The zero-order valence-corrected chi connectivity index (χ0v) is 17.9. The van der Waals surface area contributed by atoms with Gasteiger partial charge < -0.3 is 4.57 Å². The minimum Gasteiger partial charge on any atom is -0.308 e. The van der Waals surface area contributed by atoms with Crippen molar-refractivity contribution in [3.63, 3.8) is 0 Å². The number of aryl methyl sites for hydroxylation is 1. The highest BCUT2D eigenvalue weighted by Crippen LogP contribution is 2.38. The van der Waals surface area contributed by atoms with Crippen LogP contribution in [0.2, 0.25) is 0 Å². The Kier molecular flexibility index (Phi) is 4.52. The molecule has 1 saturated carbocycles. The molecule has 0 unspecified atom stereocenters. The van der Waals surface area contributed by atoms with E-state index in [0.717, 1.165) is 34.4 Å². The first kappa shape index (κ1) is 18.9. The second-order valence-electron chi connectivity index (χ2n) is 8.46. The third-order valence-corrected chi connectivity index (χ3v) is 6.45. The smallest absolute Gasteiger partial charge is 0.205 e. The topological polar surface area (TPSA) is 85.2 Å². The van der Waals surface area contributed by atoms with Crippen LogP contribution in [0.1, 0.15) is 42.1 Å². The van der Waals surface area contributed by atoms with Crippen LogP contribution in [-0.4, -0.2) is 35.2 Å². The first-order chi connectivity index (χ1) is 15.8. The molecule has 3 heterocycles. The summed E-state index contributed by atoms with van der Waals surface area (Å²) in [6.07, 6.45) is 5.61. The lowest BCUT2D eigenvalue weighted by Gasteiger charge is -2.25. The van der Waals surface area contributed by atoms with Crippen molar-refractivity contribution >= 4 is 11.2 Å². The number of H-pyrrole nitrogens is 1. The Bertz CT molecular complexity index is 1380. The van der Waals surface area contributed by atoms with E-state index >= 15 is 0 Å². The molecule has 158 valence electrons. The van der Waals surface area contributed by atoms with Crippen molar-refractivity contribution in [1.29, 1.82) is 0 Å². The van der Waals surface area contributed by atoms with Crippen molar-refractivity contribution in [2.75, 3.05) is 0 Å². The van der Waals surface area contributed by atoms with Crippen LogP contribution >= 0.6 is 0 Å². The fourth-order valence-electron chi connectivity index (χ4n) is 4.47. The van der Waals surface area contributed by atoms with Gasteiger partial charge in [0.2, 0.25) is 5.82 Å². The van der Waals surface area contributed by atoms with Gasteiger partial charge in [-0.1, -0.05) is 55.0 Å². The van der Waals surface area contributed by atoms with Gasteiger partial charge >= 0.3 is 0 Å². The van der Waals surface area contributed by atoms with Gasteiger partial charge in [-0.3, -0.25) is 0 Å². The van der Waals surface area contributed by atoms with Crippen molar-refractivity contribution < 1.29 is 0 Å². The number of hydrogen-bond acceptors (Lipinski definition) is 5. The number of nitrogens with one attached hydrogen (secondary N) is 1. The molecule has 32 heavy (non-hydrogen) atoms. The van der Waals surface area contributed by atoms with Crippen molar-refractivity contribution in [1.82, 2.24) is 35.2 Å². The molecular weight excluding hydrogens is 398 g/mol. The van der Waals surface area contributed by atoms with Crippen molar-refractivity contribution in [2.24, 2.45) is 0 Å². The third-order valence-electron chi connectivity index (χ3n) is 6.45. The maximum atomic E-state index is 5.01. The highest BCUT2D eigenvalue weighted by atomic mass is 15.5. The Morgan fingerprint density at radius 3 is 2.53 bits per heavy atom. The zero-order valence-electron chi connectivity index (χ0n) is 17.9. The summed E-state index contributed by atoms with van der Waals surface area (Å²) < 4.78 is 2.31. The molecule has 0 saturated heterocycles. The summed E-state index contributed by atoms with van der Waals surface area (Å²) in [5.74, 6) is 2.32. The molecule has 6 rings (SSSR count). The van der Waals surface area contributed by atoms with E-state index in [1.165, 1.54) is 36.2 Å². The van der Waals surface area contributed by atoms with Gasteiger partial charge in [0.15, 0.2) is 5.65 Å². The Balaban J connectivity index is 1.36. The average molecular weight is 422 g/mol. The summed E-state index contributed by atoms with van der Waals surface area (Å²) in [6, 6.07) is 18.9. The number of aromatic amines is 1. The van der Waals surface area contributed by atoms with Crippen LogP contribution < -0.4 is 0 Å². The molecule has 0 radical (unpaired) electrons. The van der Waals surface area contributed by atoms with E-state index in [1.54, 1.807) is 0 Å². The van der Waals surface area contributed by atoms with Crippen LogP contribution in [0.25, 0.3) is 33.7 Å². The number of rotatable bonds is 5. The van der Waals surface area contributed by atoms with Crippen LogP contribution in [0.4, 0.5) is 0 Å². The van der Waals surface area contributed by atoms with E-state index in [4.69, 9.17) is 4.98 Å². The van der Waals surface area contributed by atoms with Gasteiger partial charge in [-0.2, -0.15) is 5.21 Å². The molecule has 1 fully saturated rings. The van der Waals surface area contributed by atoms with Gasteiger partial charge in [-0.15, -0.1) is 10.2 Å². The normalized spacial score (nSPS) is 14.0. The van der Waals surface area contributed by atoms with Crippen LogP contribution in [0, 0.1) is 6.92 Å². The number of imidazole rings is 1. The van der Waals surface area contributed by atoms with Crippen LogP contribution in [-0.2, 0) is 6.54 Å². The number of hydrogen-bond donors (Lipinski definition) is 1. The molecule has 3 aromatic heterocycles. The highest BCUT2D eigenvalue weighted by molar-refractivity contribution is 5.80. The zero-order chi connectivity index (χ0) is 21.5. The molecule has 0 amide bonds. The van der Waals surface area contributed by atoms with Crippen molar-refractivity contribution in [3.8, 4) is 22.5 Å². The minimum absolute atomic E-state index is 0.546. The number of benzene rings is 2. The lowest BCUT2D eigenvalue weighted by Crippen LogP contribution is -2.16. The maximum Gasteiger partial charge on any atom is 0.205 e. The monoisotopic (exact) mass is 421 g/mol. The van der Waals surface area contributed by atoms with Gasteiger partial charge in [-0.05, 0) is 53.3 Å². The lowest BCUT2D eigenvalue weighted by molar-refractivity contribution is 0.391. The largest absolute Gasteiger partial charge is 0.308 e. The maximum absolute atomic E-state index is 5.01. The lowest BCUT2D eigenvalue weighted by atomic mass is 9.85. The summed E-state index contributed by atoms with van der Waals surface area (Å²) >= 11 is 0. The predicted octanol–water partition coefficient (Wildman–Crippen LogP) is 4.90. The molecular formula is C25H23N7. The molecule has 1 N–H and O–H groups in total. The van der Waals surface area contributed by atoms with Crippen LogP contribution in [0.15, 0.2) is 60.8 Å². The molecule has 0 bridgehead atoms. The summed E-state index contributed by atoms with van der Waals surface area (Å²) in [7, 11) is 0. The quantitative estimate of drug-likeness (QED) is 0.436. The highest BCUT2D eigenvalue weighted by Gasteiger charge is 2.26. The van der Waals surface area contributed by atoms with Gasteiger partial charge in [0.05, 0.1) is 6.54 Å². The predicted molar refractivity (Wildman–Crippen MR) is 123 cm³/mol. The van der Waals surface area contributed by atoms with Crippen molar-refractivity contribution in [3.05, 3.63) is 77.7 Å². The van der Waals surface area contributed by atoms with E-state index in [2.05, 4.69) is 67.4 Å². The Morgan fingerprint density at radius 2 is 1.81 bits per heavy atom. The molecule has 0 atom stereocenters. The first-order valence-corrected chi connectivity index (χ1v) is 11.0. The van der Waals surface area contributed by atoms with E-state index in [9.17, 15) is 0 Å². The molecule has 1 aliphatic carbocycles. The summed E-state index contributed by atoms with van der Waals surface area (Å²) in [4.78, 5) is 9.70. The SMILES string of the molecule is Cc1ccnc2c1nc(C1CCC1)n2Cc1ccc(-c2ccccc2-c2nn[nH]n2)cc1. The summed E-state index contributed by atoms with van der Waals surface area (Å²) in [5, 5.41) is 14.5. The van der Waals surface area contributed by atoms with Crippen molar-refractivity contribution in [2.45, 2.75) is 38.6 Å². The number of fused-ring (bicyclic) bond motifs is 1. The van der Waals surface area contributed by atoms with E-state index in [-0.39, 0.29) is 0 Å². The second kappa shape index (κ2) is 7.67. The number of pyridine rings is 1. The molecule has 5 aromatic rings. The van der Waals surface area contributed by atoms with E-state index < -0.39 is 0 Å². The molecule has 2 aromatic carbocycles. The minimum atomic E-state index is 0.546. The number of tetrazole rings is 1. The Labute approximate surface area is 185 Å². The van der Waals surface area contributed by atoms with Gasteiger partial charge in [0.1, 0.15) is 11.3 Å². The molecule has 1 aliphatic rings. The summed E-state index contributed by atoms with van der Waals surface area (Å²) in [6.45, 7) is 2.88. The summed E-state index contributed by atoms with van der Waals surface area (Å²) in [5.41, 5.74) is 7.59. The third kappa shape index (κ3) is 3.17. The van der Waals surface area contributed by atoms with Gasteiger partial charge in [0.25, 0.3) is 0 Å². The number of aromatic nitrogens is 7. The average Bonchev–Trinajstić information content (AvgIpc) is 3.44. The van der Waals surface area contributed by atoms with Gasteiger partial charge in [-0.25, -0.2) is 9.97 Å². The molecule has 7 nitrogen and oxygen atoms in total. The second-order valence-corrected chi connectivity index (χ2v) is 8.46. The van der Waals surface area contributed by atoms with E-state index in [1.807, 2.05) is 30.5 Å². The molecule has 0 aliphatic heterocycles. The number of nitrogens with zero attached hydrogens (tertiary/aromatic N) is 6. The molecule has 7 heteroatoms. The van der Waals surface area contributed by atoms with Gasteiger partial charge in [0, 0.05) is 17.7 Å². The fraction of sp³-hybridized carbons (Fsp3) is 0.240. The first-order valence-electron chi connectivity index (χ1n) is 11.0. The van der Waals surface area contributed by atoms with Crippen LogP contribution in [0.3, 0.4) is 0 Å². The molecule has 0 spiro atoms. The standard InChI is InChI=1S/C25H23N7/c1-16-13-14-26-25-22(16)27-24(19-5-4-6-19)32(25)15-17-9-11-18(12-10-17)20-7-2-3-8-21(20)23-28-30-31-29-23/h2-3,7-14,19H,4-6,15H2,1H3,(H,28,29,30,31). The Hall–Kier alpha value is -3.87. The van der Waals surface area contributed by atoms with Crippen LogP contribution in [0.5, 0.6) is 0 Å². The van der Waals surface area contributed by atoms with E-state index in [0.29, 0.717) is 11.7 Å². The Morgan fingerprint density at radius 1 is 1.00 bits per heavy atom. The fourth-order valence-corrected chi connectivity index (χ4v) is 4.47.